The van der Waals surface area contributed by atoms with Gasteiger partial charge in [0.1, 0.15) is 0 Å². The van der Waals surface area contributed by atoms with E-state index in [-0.39, 0.29) is 40.6 Å². The first kappa shape index (κ1) is 17.7. The molecule has 0 unspecified atom stereocenters. The number of benzene rings is 2. The van der Waals surface area contributed by atoms with Gasteiger partial charge < -0.3 is 0 Å². The maximum absolute atomic E-state index is 13.0. The number of imide groups is 1. The summed E-state index contributed by atoms with van der Waals surface area (Å²) in [6, 6.07) is 13.8. The SMILES string of the molecule is O=C(Sc1ccc(Cl)cc1)c1cccc(N2C(=O)[C@H]3[C@H](C2=O)[C@H]2C=C[C@H]3C2)c1. The van der Waals surface area contributed by atoms with Gasteiger partial charge in [0.25, 0.3) is 0 Å². The highest BCUT2D eigenvalue weighted by atomic mass is 35.5. The molecule has 0 N–H and O–H groups in total. The van der Waals surface area contributed by atoms with Crippen LogP contribution >= 0.6 is 23.4 Å². The van der Waals surface area contributed by atoms with Crippen LogP contribution in [0.25, 0.3) is 0 Å². The molecule has 2 bridgehead atoms. The lowest BCUT2D eigenvalue weighted by atomic mass is 9.85. The maximum Gasteiger partial charge on any atom is 0.238 e. The van der Waals surface area contributed by atoms with E-state index in [1.165, 1.54) is 4.90 Å². The molecule has 1 aliphatic heterocycles. The van der Waals surface area contributed by atoms with Crippen LogP contribution in [-0.2, 0) is 9.59 Å². The van der Waals surface area contributed by atoms with Crippen LogP contribution in [0, 0.1) is 23.7 Å². The Balaban J connectivity index is 1.40. The van der Waals surface area contributed by atoms with Crippen LogP contribution in [0.2, 0.25) is 5.02 Å². The highest BCUT2D eigenvalue weighted by Crippen LogP contribution is 2.53. The molecule has 6 heteroatoms. The number of carbonyl (C=O) groups is 3. The first-order valence-electron chi connectivity index (χ1n) is 9.17. The number of hydrogen-bond donors (Lipinski definition) is 0. The number of thioether (sulfide) groups is 1. The quantitative estimate of drug-likeness (QED) is 0.423. The lowest BCUT2D eigenvalue weighted by Crippen LogP contribution is -2.32. The molecule has 2 aromatic rings. The molecule has 4 atom stereocenters. The van der Waals surface area contributed by atoms with Crippen LogP contribution < -0.4 is 4.90 Å². The van der Waals surface area contributed by atoms with Crippen LogP contribution in [0.5, 0.6) is 0 Å². The normalized spacial score (nSPS) is 27.5. The molecule has 2 amide bonds. The zero-order valence-electron chi connectivity index (χ0n) is 14.7. The third-order valence-electron chi connectivity index (χ3n) is 5.83. The van der Waals surface area contributed by atoms with Crippen molar-refractivity contribution < 1.29 is 14.4 Å². The summed E-state index contributed by atoms with van der Waals surface area (Å²) in [6.45, 7) is 0. The smallest absolute Gasteiger partial charge is 0.238 e. The highest BCUT2D eigenvalue weighted by molar-refractivity contribution is 8.14. The van der Waals surface area contributed by atoms with Crippen molar-refractivity contribution in [1.29, 1.82) is 0 Å². The molecule has 0 spiro atoms. The fraction of sp³-hybridized carbons (Fsp3) is 0.227. The molecule has 1 saturated heterocycles. The minimum absolute atomic E-state index is 0.137. The van der Waals surface area contributed by atoms with Crippen LogP contribution in [0.4, 0.5) is 5.69 Å². The molecular formula is C22H16ClNO3S. The zero-order valence-corrected chi connectivity index (χ0v) is 16.3. The number of nitrogens with zero attached hydrogens (tertiary/aromatic N) is 1. The van der Waals surface area contributed by atoms with Gasteiger partial charge in [-0.3, -0.25) is 14.4 Å². The summed E-state index contributed by atoms with van der Waals surface area (Å²) < 4.78 is 0. The highest BCUT2D eigenvalue weighted by Gasteiger charge is 2.59. The molecule has 2 aliphatic carbocycles. The van der Waals surface area contributed by atoms with Gasteiger partial charge in [-0.15, -0.1) is 0 Å². The number of hydrogen-bond acceptors (Lipinski definition) is 4. The lowest BCUT2D eigenvalue weighted by Gasteiger charge is -2.17. The van der Waals surface area contributed by atoms with Crippen LogP contribution in [0.15, 0.2) is 65.6 Å². The van der Waals surface area contributed by atoms with Crippen LogP contribution in [-0.4, -0.2) is 16.9 Å². The van der Waals surface area contributed by atoms with E-state index in [9.17, 15) is 14.4 Å². The topological polar surface area (TPSA) is 54.5 Å². The Morgan fingerprint density at radius 3 is 2.25 bits per heavy atom. The van der Waals surface area contributed by atoms with Crippen LogP contribution in [0.1, 0.15) is 16.8 Å². The number of halogens is 1. The van der Waals surface area contributed by atoms with E-state index in [0.717, 1.165) is 23.1 Å². The first-order chi connectivity index (χ1) is 13.5. The Morgan fingerprint density at radius 2 is 1.61 bits per heavy atom. The molecule has 1 saturated carbocycles. The van der Waals surface area contributed by atoms with Crippen molar-refractivity contribution in [2.24, 2.45) is 23.7 Å². The number of amides is 2. The lowest BCUT2D eigenvalue weighted by molar-refractivity contribution is -0.123. The van der Waals surface area contributed by atoms with Gasteiger partial charge in [-0.25, -0.2) is 4.90 Å². The summed E-state index contributed by atoms with van der Waals surface area (Å²) in [4.78, 5) is 40.7. The van der Waals surface area contributed by atoms with Gasteiger partial charge in [-0.2, -0.15) is 0 Å². The molecule has 5 rings (SSSR count). The fourth-order valence-corrected chi connectivity index (χ4v) is 5.45. The Kier molecular flexibility index (Phi) is 4.18. The van der Waals surface area contributed by atoms with Gasteiger partial charge in [0.2, 0.25) is 16.9 Å². The summed E-state index contributed by atoms with van der Waals surface area (Å²) in [5.41, 5.74) is 0.933. The third-order valence-corrected chi connectivity index (χ3v) is 7.02. The maximum atomic E-state index is 13.0. The average molecular weight is 410 g/mol. The Bertz CT molecular complexity index is 1000. The van der Waals surface area contributed by atoms with Gasteiger partial charge in [0.05, 0.1) is 17.5 Å². The molecular weight excluding hydrogens is 394 g/mol. The molecule has 2 fully saturated rings. The molecule has 3 aliphatic rings. The van der Waals surface area contributed by atoms with Crippen LogP contribution in [0.3, 0.4) is 0 Å². The van der Waals surface area contributed by atoms with Crippen molar-refractivity contribution in [3.8, 4) is 0 Å². The van der Waals surface area contributed by atoms with Crippen molar-refractivity contribution in [2.75, 3.05) is 4.90 Å². The Morgan fingerprint density at radius 1 is 0.964 bits per heavy atom. The molecule has 28 heavy (non-hydrogen) atoms. The van der Waals surface area contributed by atoms with Crippen molar-refractivity contribution >= 4 is 46.0 Å². The van der Waals surface area contributed by atoms with E-state index in [0.29, 0.717) is 16.3 Å². The minimum atomic E-state index is -0.245. The zero-order chi connectivity index (χ0) is 19.4. The number of anilines is 1. The summed E-state index contributed by atoms with van der Waals surface area (Å²) in [6.07, 6.45) is 5.04. The van der Waals surface area contributed by atoms with Gasteiger partial charge in [-0.05, 0) is 66.4 Å². The summed E-state index contributed by atoms with van der Waals surface area (Å²) in [5.74, 6) is -0.428. The van der Waals surface area contributed by atoms with Gasteiger partial charge >= 0.3 is 0 Å². The summed E-state index contributed by atoms with van der Waals surface area (Å²) in [7, 11) is 0. The molecule has 140 valence electrons. The molecule has 1 heterocycles. The predicted octanol–water partition coefficient (Wildman–Crippen LogP) is 4.58. The molecule has 0 aromatic heterocycles. The fourth-order valence-electron chi connectivity index (χ4n) is 4.60. The van der Waals surface area contributed by atoms with Crippen molar-refractivity contribution in [3.05, 3.63) is 71.3 Å². The number of rotatable bonds is 3. The van der Waals surface area contributed by atoms with Crippen molar-refractivity contribution in [3.63, 3.8) is 0 Å². The van der Waals surface area contributed by atoms with E-state index >= 15 is 0 Å². The number of allylic oxidation sites excluding steroid dienone is 2. The standard InChI is InChI=1S/C22H16ClNO3S/c23-15-6-8-17(9-7-15)28-22(27)14-2-1-3-16(11-14)24-20(25)18-12-4-5-13(10-12)19(18)21(24)26/h1-9,11-13,18-19H,10H2/t12-,13-,18+,19+/m0/s1. The van der Waals surface area contributed by atoms with E-state index in [4.69, 9.17) is 11.6 Å². The predicted molar refractivity (Wildman–Crippen MR) is 108 cm³/mol. The second-order valence-corrected chi connectivity index (χ2v) is 8.89. The minimum Gasteiger partial charge on any atom is -0.281 e. The second kappa shape index (κ2) is 6.61. The number of fused-ring (bicyclic) bond motifs is 5. The number of carbonyl (C=O) groups excluding carboxylic acids is 3. The monoisotopic (exact) mass is 409 g/mol. The van der Waals surface area contributed by atoms with Crippen molar-refractivity contribution in [1.82, 2.24) is 0 Å². The first-order valence-corrected chi connectivity index (χ1v) is 10.4. The van der Waals surface area contributed by atoms with Gasteiger partial charge in [-0.1, -0.05) is 35.9 Å². The summed E-state index contributed by atoms with van der Waals surface area (Å²) >= 11 is 6.97. The summed E-state index contributed by atoms with van der Waals surface area (Å²) in [5, 5.41) is 0.462. The molecule has 2 aromatic carbocycles. The Labute approximate surface area is 171 Å². The van der Waals surface area contributed by atoms with Gasteiger partial charge in [0, 0.05) is 15.5 Å². The van der Waals surface area contributed by atoms with E-state index in [1.54, 1.807) is 48.5 Å². The molecule has 4 nitrogen and oxygen atoms in total. The van der Waals surface area contributed by atoms with Crippen molar-refractivity contribution in [2.45, 2.75) is 11.3 Å². The van der Waals surface area contributed by atoms with E-state index < -0.39 is 0 Å². The average Bonchev–Trinajstić information content (AvgIpc) is 3.37. The van der Waals surface area contributed by atoms with E-state index in [1.807, 2.05) is 0 Å². The molecule has 0 radical (unpaired) electrons. The Hall–Kier alpha value is -2.37. The third kappa shape index (κ3) is 2.73. The largest absolute Gasteiger partial charge is 0.281 e. The van der Waals surface area contributed by atoms with E-state index in [2.05, 4.69) is 12.2 Å². The second-order valence-electron chi connectivity index (χ2n) is 7.41. The van der Waals surface area contributed by atoms with Gasteiger partial charge in [0.15, 0.2) is 0 Å².